The van der Waals surface area contributed by atoms with E-state index in [9.17, 15) is 4.79 Å². The monoisotopic (exact) mass is 441 g/mol. The van der Waals surface area contributed by atoms with E-state index in [1.807, 2.05) is 37.8 Å². The molecule has 168 valence electrons. The smallest absolute Gasteiger partial charge is 0.169 e. The van der Waals surface area contributed by atoms with Gasteiger partial charge in [0.05, 0.1) is 24.3 Å². The summed E-state index contributed by atoms with van der Waals surface area (Å²) in [7, 11) is 1.89. The van der Waals surface area contributed by atoms with Gasteiger partial charge >= 0.3 is 0 Å². The van der Waals surface area contributed by atoms with Crippen molar-refractivity contribution >= 4 is 22.5 Å². The summed E-state index contributed by atoms with van der Waals surface area (Å²) in [5.74, 6) is 0.905. The van der Waals surface area contributed by atoms with Crippen molar-refractivity contribution in [2.45, 2.75) is 13.3 Å². The molecule has 0 bridgehead atoms. The van der Waals surface area contributed by atoms with Crippen LogP contribution in [-0.4, -0.2) is 68.1 Å². The zero-order chi connectivity index (χ0) is 22.8. The van der Waals surface area contributed by atoms with Crippen molar-refractivity contribution in [2.75, 3.05) is 37.6 Å². The van der Waals surface area contributed by atoms with Crippen LogP contribution in [0.2, 0.25) is 0 Å². The number of Topliss-reactive ketones (excluding diaryl/α,β-unsaturated/α-hetero) is 1. The molecule has 0 radical (unpaired) electrons. The Morgan fingerprint density at radius 1 is 0.970 bits per heavy atom. The maximum Gasteiger partial charge on any atom is 0.169 e. The molecule has 8 nitrogen and oxygen atoms in total. The van der Waals surface area contributed by atoms with Gasteiger partial charge < -0.3 is 9.80 Å². The lowest BCUT2D eigenvalue weighted by molar-refractivity contribution is 0.0992. The van der Waals surface area contributed by atoms with Gasteiger partial charge in [-0.05, 0) is 30.8 Å². The molecule has 4 aromatic heterocycles. The van der Waals surface area contributed by atoms with Crippen LogP contribution in [0.15, 0.2) is 55.2 Å². The number of aryl methyl sites for hydroxylation is 1. The molecule has 0 aliphatic carbocycles. The van der Waals surface area contributed by atoms with Crippen molar-refractivity contribution in [1.29, 1.82) is 0 Å². The minimum Gasteiger partial charge on any atom is -0.354 e. The number of hydrogen-bond acceptors (Lipinski definition) is 7. The second kappa shape index (κ2) is 9.07. The molecule has 8 heteroatoms. The lowest BCUT2D eigenvalue weighted by Crippen LogP contribution is -2.46. The van der Waals surface area contributed by atoms with E-state index in [1.165, 1.54) is 0 Å². The van der Waals surface area contributed by atoms with Gasteiger partial charge in [-0.25, -0.2) is 4.98 Å². The van der Waals surface area contributed by atoms with Gasteiger partial charge in [0.25, 0.3) is 0 Å². The Balaban J connectivity index is 1.33. The topological polar surface area (TPSA) is 80.0 Å². The van der Waals surface area contributed by atoms with Gasteiger partial charge in [0, 0.05) is 79.6 Å². The van der Waals surface area contributed by atoms with E-state index < -0.39 is 0 Å². The van der Waals surface area contributed by atoms with Crippen molar-refractivity contribution in [3.05, 3.63) is 66.5 Å². The predicted molar refractivity (Wildman–Crippen MR) is 128 cm³/mol. The second-order valence-electron chi connectivity index (χ2n) is 8.42. The molecule has 1 fully saturated rings. The highest BCUT2D eigenvalue weighted by atomic mass is 16.1. The van der Waals surface area contributed by atoms with Crippen LogP contribution in [-0.2, 0) is 13.5 Å². The van der Waals surface area contributed by atoms with Crippen molar-refractivity contribution in [3.63, 3.8) is 0 Å². The molecule has 33 heavy (non-hydrogen) atoms. The van der Waals surface area contributed by atoms with Gasteiger partial charge in [-0.3, -0.25) is 19.4 Å². The highest BCUT2D eigenvalue weighted by molar-refractivity contribution is 5.98. The van der Waals surface area contributed by atoms with Crippen molar-refractivity contribution in [2.24, 2.45) is 7.05 Å². The van der Waals surface area contributed by atoms with Crippen LogP contribution in [0.25, 0.3) is 22.0 Å². The van der Waals surface area contributed by atoms with Crippen LogP contribution in [0.5, 0.6) is 0 Å². The minimum atomic E-state index is 0.0362. The molecule has 5 rings (SSSR count). The zero-order valence-corrected chi connectivity index (χ0v) is 19.0. The molecule has 5 heterocycles. The normalized spacial score (nSPS) is 14.7. The number of hydrogen-bond donors (Lipinski definition) is 0. The predicted octanol–water partition coefficient (Wildman–Crippen LogP) is 2.99. The third-order valence-electron chi connectivity index (χ3n) is 6.22. The van der Waals surface area contributed by atoms with Gasteiger partial charge in [0.15, 0.2) is 5.78 Å². The summed E-state index contributed by atoms with van der Waals surface area (Å²) < 4.78 is 1.77. The molecule has 0 saturated carbocycles. The zero-order valence-electron chi connectivity index (χ0n) is 19.0. The molecule has 1 saturated heterocycles. The summed E-state index contributed by atoms with van der Waals surface area (Å²) in [6.45, 7) is 7.15. The standard InChI is InChI=1S/C25H27N7O/c1-3-31-6-8-32(9-7-31)25-12-18(4-5-26-25)24(33)13-22-11-19-10-20(14-28-23(19)16-27-22)21-15-29-30(2)17-21/h4-5,10-12,14-17H,3,6-9,13H2,1-2H3. The Kier molecular flexibility index (Phi) is 5.83. The summed E-state index contributed by atoms with van der Waals surface area (Å²) in [6.07, 6.45) is 9.29. The van der Waals surface area contributed by atoms with Crippen LogP contribution in [0.3, 0.4) is 0 Å². The number of anilines is 1. The summed E-state index contributed by atoms with van der Waals surface area (Å²) >= 11 is 0. The van der Waals surface area contributed by atoms with Crippen LogP contribution in [0.4, 0.5) is 5.82 Å². The van der Waals surface area contributed by atoms with Crippen molar-refractivity contribution in [1.82, 2.24) is 29.6 Å². The Hall–Kier alpha value is -3.65. The summed E-state index contributed by atoms with van der Waals surface area (Å²) in [5.41, 5.74) is 4.19. The van der Waals surface area contributed by atoms with E-state index >= 15 is 0 Å². The van der Waals surface area contributed by atoms with Gasteiger partial charge in [-0.2, -0.15) is 5.10 Å². The lowest BCUT2D eigenvalue weighted by Gasteiger charge is -2.34. The molecule has 0 aromatic carbocycles. The third kappa shape index (κ3) is 4.61. The first-order valence-corrected chi connectivity index (χ1v) is 11.3. The first-order valence-electron chi connectivity index (χ1n) is 11.3. The number of pyridine rings is 3. The highest BCUT2D eigenvalue weighted by Crippen LogP contribution is 2.23. The van der Waals surface area contributed by atoms with Crippen molar-refractivity contribution in [3.8, 4) is 11.1 Å². The van der Waals surface area contributed by atoms with E-state index in [0.29, 0.717) is 5.56 Å². The number of carbonyl (C=O) groups excluding carboxylic acids is 1. The molecular weight excluding hydrogens is 414 g/mol. The quantitative estimate of drug-likeness (QED) is 0.426. The Morgan fingerprint density at radius 2 is 1.82 bits per heavy atom. The summed E-state index contributed by atoms with van der Waals surface area (Å²) in [6, 6.07) is 7.71. The number of aromatic nitrogens is 5. The number of carbonyl (C=O) groups is 1. The molecule has 0 amide bonds. The van der Waals surface area contributed by atoms with Gasteiger partial charge in [-0.15, -0.1) is 0 Å². The highest BCUT2D eigenvalue weighted by Gasteiger charge is 2.18. The maximum atomic E-state index is 13.1. The lowest BCUT2D eigenvalue weighted by atomic mass is 10.0. The molecule has 0 atom stereocenters. The summed E-state index contributed by atoms with van der Waals surface area (Å²) in [4.78, 5) is 31.2. The molecule has 4 aromatic rings. The average Bonchev–Trinajstić information content (AvgIpc) is 3.30. The number of likely N-dealkylation sites (N-methyl/N-ethyl adjacent to an activating group) is 1. The van der Waals surface area contributed by atoms with E-state index in [1.54, 1.807) is 23.1 Å². The Morgan fingerprint density at radius 3 is 2.58 bits per heavy atom. The molecule has 0 unspecified atom stereocenters. The largest absolute Gasteiger partial charge is 0.354 e. The fourth-order valence-corrected chi connectivity index (χ4v) is 4.23. The van der Waals surface area contributed by atoms with E-state index in [4.69, 9.17) is 0 Å². The number of piperazine rings is 1. The Labute approximate surface area is 192 Å². The van der Waals surface area contributed by atoms with E-state index in [2.05, 4.69) is 42.8 Å². The van der Waals surface area contributed by atoms with Crippen LogP contribution < -0.4 is 4.90 Å². The SMILES string of the molecule is CCN1CCN(c2cc(C(=O)Cc3cc4cc(-c5cnn(C)c5)cnc4cn3)ccn2)CC1. The maximum absolute atomic E-state index is 13.1. The number of rotatable bonds is 6. The van der Waals surface area contributed by atoms with Crippen LogP contribution in [0, 0.1) is 0 Å². The van der Waals surface area contributed by atoms with Gasteiger partial charge in [-0.1, -0.05) is 6.92 Å². The molecule has 0 N–H and O–H groups in total. The summed E-state index contributed by atoms with van der Waals surface area (Å²) in [5, 5.41) is 5.19. The number of ketones is 1. The first-order chi connectivity index (χ1) is 16.1. The van der Waals surface area contributed by atoms with Crippen LogP contribution >= 0.6 is 0 Å². The van der Waals surface area contributed by atoms with Crippen molar-refractivity contribution < 1.29 is 4.79 Å². The molecular formula is C25H27N7O. The van der Waals surface area contributed by atoms with Crippen LogP contribution in [0.1, 0.15) is 23.0 Å². The average molecular weight is 442 g/mol. The molecule has 1 aliphatic heterocycles. The van der Waals surface area contributed by atoms with E-state index in [-0.39, 0.29) is 12.2 Å². The molecule has 0 spiro atoms. The third-order valence-corrected chi connectivity index (χ3v) is 6.22. The second-order valence-corrected chi connectivity index (χ2v) is 8.42. The van der Waals surface area contributed by atoms with Gasteiger partial charge in [0.1, 0.15) is 5.82 Å². The van der Waals surface area contributed by atoms with E-state index in [0.717, 1.165) is 66.3 Å². The molecule has 1 aliphatic rings. The Bertz CT molecular complexity index is 1290. The first kappa shape index (κ1) is 21.2. The minimum absolute atomic E-state index is 0.0362. The van der Waals surface area contributed by atoms with Gasteiger partial charge in [0.2, 0.25) is 0 Å². The number of nitrogens with zero attached hydrogens (tertiary/aromatic N) is 7. The fraction of sp³-hybridized carbons (Fsp3) is 0.320. The fourth-order valence-electron chi connectivity index (χ4n) is 4.23. The number of fused-ring (bicyclic) bond motifs is 1.